The molecule has 0 bridgehead atoms. The van der Waals surface area contributed by atoms with Crippen LogP contribution in [0.15, 0.2) is 72.8 Å². The van der Waals surface area contributed by atoms with E-state index < -0.39 is 12.1 Å². The molecule has 5 rings (SSSR count). The van der Waals surface area contributed by atoms with Gasteiger partial charge in [0.25, 0.3) is 0 Å². The number of aromatic nitrogens is 4. The molecule has 0 aliphatic carbocycles. The number of nitrogens with zero attached hydrogens (tertiary/aromatic N) is 3. The summed E-state index contributed by atoms with van der Waals surface area (Å²) in [5.41, 5.74) is 3.16. The van der Waals surface area contributed by atoms with Crippen molar-refractivity contribution in [3.63, 3.8) is 0 Å². The van der Waals surface area contributed by atoms with E-state index in [2.05, 4.69) is 36.6 Å². The average molecular weight is 548 g/mol. The molecule has 1 saturated heterocycles. The molecule has 3 aromatic carbocycles. The molecule has 4 aromatic rings. The van der Waals surface area contributed by atoms with Crippen molar-refractivity contribution in [2.75, 3.05) is 23.8 Å². The number of anilines is 2. The number of halogens is 1. The lowest BCUT2D eigenvalue weighted by atomic mass is 10.0. The normalized spacial score (nSPS) is 15.4. The Balaban J connectivity index is 1.37. The highest BCUT2D eigenvalue weighted by Gasteiger charge is 2.26. The minimum absolute atomic E-state index is 0.0998. The van der Waals surface area contributed by atoms with Gasteiger partial charge in [-0.1, -0.05) is 54.1 Å². The highest BCUT2D eigenvalue weighted by Crippen LogP contribution is 2.28. The highest BCUT2D eigenvalue weighted by atomic mass is 35.5. The van der Waals surface area contributed by atoms with Crippen LogP contribution in [0.25, 0.3) is 11.4 Å². The van der Waals surface area contributed by atoms with Gasteiger partial charge in [-0.25, -0.2) is 4.79 Å². The fourth-order valence-corrected chi connectivity index (χ4v) is 4.40. The molecule has 0 unspecified atom stereocenters. The van der Waals surface area contributed by atoms with Gasteiger partial charge in [0.15, 0.2) is 0 Å². The number of carbonyl (C=O) groups excluding carboxylic acids is 2. The molecule has 1 aliphatic rings. The van der Waals surface area contributed by atoms with Gasteiger partial charge in [0, 0.05) is 28.6 Å². The largest absolute Gasteiger partial charge is 0.444 e. The number of amides is 2. The minimum Gasteiger partial charge on any atom is -0.444 e. The topological polar surface area (TPSA) is 143 Å². The molecule has 12 heteroatoms. The average Bonchev–Trinajstić information content (AvgIpc) is 3.66. The van der Waals surface area contributed by atoms with E-state index >= 15 is 0 Å². The minimum atomic E-state index is -0.842. The fourth-order valence-electron chi connectivity index (χ4n) is 4.16. The predicted octanol–water partition coefficient (Wildman–Crippen LogP) is 4.33. The summed E-state index contributed by atoms with van der Waals surface area (Å²) in [6.07, 6.45) is 0.0819. The van der Waals surface area contributed by atoms with E-state index in [-0.39, 0.29) is 18.6 Å². The van der Waals surface area contributed by atoms with Gasteiger partial charge in [-0.2, -0.15) is 5.21 Å². The van der Waals surface area contributed by atoms with E-state index in [0.717, 1.165) is 12.0 Å². The first kappa shape index (κ1) is 26.1. The second-order valence-corrected chi connectivity index (χ2v) is 9.36. The molecule has 0 saturated carbocycles. The van der Waals surface area contributed by atoms with E-state index in [1.54, 1.807) is 18.2 Å². The molecule has 4 N–H and O–H groups in total. The zero-order valence-corrected chi connectivity index (χ0v) is 21.5. The fraction of sp³-hybridized carbons (Fsp3) is 0.222. The van der Waals surface area contributed by atoms with Crippen molar-refractivity contribution < 1.29 is 19.1 Å². The Bertz CT molecular complexity index is 1410. The maximum atomic E-state index is 13.5. The van der Waals surface area contributed by atoms with Crippen molar-refractivity contribution in [1.29, 1.82) is 0 Å². The van der Waals surface area contributed by atoms with Crippen molar-refractivity contribution in [1.82, 2.24) is 25.9 Å². The van der Waals surface area contributed by atoms with Crippen LogP contribution >= 0.6 is 11.6 Å². The third-order valence-corrected chi connectivity index (χ3v) is 6.25. The standard InChI is InChI=1S/C27H26ClN7O4/c28-20-11-19(13-23(14-20)31-27(37)39-15-17-5-2-1-3-6-17)24(26(36)30-22-9-10-38-16-22)29-21-8-4-7-18(12-21)25-32-34-35-33-25/h1-8,11-14,22,24,29H,9-10,15-16H2,(H,30,36)(H,31,37)(H,32,33,34,35)/t22-,24-/m0/s1. The second kappa shape index (κ2) is 12.4. The Morgan fingerprint density at radius 1 is 1.08 bits per heavy atom. The molecule has 1 aromatic heterocycles. The van der Waals surface area contributed by atoms with Crippen LogP contribution in [-0.2, 0) is 20.9 Å². The lowest BCUT2D eigenvalue weighted by Crippen LogP contribution is -2.40. The van der Waals surface area contributed by atoms with Crippen LogP contribution in [0.4, 0.5) is 16.2 Å². The number of hydrogen-bond acceptors (Lipinski definition) is 8. The summed E-state index contributed by atoms with van der Waals surface area (Å²) in [6, 6.07) is 20.7. The van der Waals surface area contributed by atoms with Crippen molar-refractivity contribution in [3.05, 3.63) is 88.9 Å². The smallest absolute Gasteiger partial charge is 0.411 e. The van der Waals surface area contributed by atoms with Crippen molar-refractivity contribution >= 4 is 35.0 Å². The van der Waals surface area contributed by atoms with Crippen LogP contribution in [0.1, 0.15) is 23.6 Å². The van der Waals surface area contributed by atoms with E-state index in [1.165, 1.54) is 0 Å². The molecule has 2 heterocycles. The molecular weight excluding hydrogens is 522 g/mol. The van der Waals surface area contributed by atoms with Crippen LogP contribution < -0.4 is 16.0 Å². The molecule has 0 spiro atoms. The summed E-state index contributed by atoms with van der Waals surface area (Å²) >= 11 is 6.42. The summed E-state index contributed by atoms with van der Waals surface area (Å²) in [4.78, 5) is 26.0. The lowest BCUT2D eigenvalue weighted by Gasteiger charge is -2.23. The number of nitrogens with one attached hydrogen (secondary N) is 4. The number of carbonyl (C=O) groups is 2. The summed E-state index contributed by atoms with van der Waals surface area (Å²) in [6.45, 7) is 1.15. The summed E-state index contributed by atoms with van der Waals surface area (Å²) in [7, 11) is 0. The van der Waals surface area contributed by atoms with E-state index in [0.29, 0.717) is 46.6 Å². The van der Waals surface area contributed by atoms with Gasteiger partial charge in [-0.15, -0.1) is 10.2 Å². The van der Waals surface area contributed by atoms with Gasteiger partial charge in [-0.3, -0.25) is 10.1 Å². The van der Waals surface area contributed by atoms with Crippen LogP contribution in [0.3, 0.4) is 0 Å². The van der Waals surface area contributed by atoms with Gasteiger partial charge in [0.05, 0.1) is 12.6 Å². The number of hydrogen-bond donors (Lipinski definition) is 4. The Kier molecular flexibility index (Phi) is 8.29. The molecule has 2 atom stereocenters. The van der Waals surface area contributed by atoms with Crippen LogP contribution in [-0.4, -0.2) is 51.9 Å². The Morgan fingerprint density at radius 2 is 1.95 bits per heavy atom. The molecule has 39 heavy (non-hydrogen) atoms. The van der Waals surface area contributed by atoms with E-state index in [9.17, 15) is 9.59 Å². The molecule has 1 fully saturated rings. The quantitative estimate of drug-likeness (QED) is 0.242. The van der Waals surface area contributed by atoms with E-state index in [4.69, 9.17) is 21.1 Å². The molecule has 0 radical (unpaired) electrons. The second-order valence-electron chi connectivity index (χ2n) is 8.92. The summed E-state index contributed by atoms with van der Waals surface area (Å²) in [5, 5.41) is 23.4. The number of rotatable bonds is 9. The lowest BCUT2D eigenvalue weighted by molar-refractivity contribution is -0.122. The van der Waals surface area contributed by atoms with Crippen LogP contribution in [0.2, 0.25) is 5.02 Å². The Hall–Kier alpha value is -4.48. The summed E-state index contributed by atoms with van der Waals surface area (Å²) in [5.74, 6) is 0.154. The third-order valence-electron chi connectivity index (χ3n) is 6.03. The van der Waals surface area contributed by atoms with Crippen molar-refractivity contribution in [2.24, 2.45) is 0 Å². The van der Waals surface area contributed by atoms with Gasteiger partial charge in [0.1, 0.15) is 12.6 Å². The first-order chi connectivity index (χ1) is 19.0. The molecule has 1 aliphatic heterocycles. The monoisotopic (exact) mass is 547 g/mol. The van der Waals surface area contributed by atoms with Gasteiger partial charge < -0.3 is 20.1 Å². The van der Waals surface area contributed by atoms with Gasteiger partial charge in [-0.05, 0) is 53.1 Å². The van der Waals surface area contributed by atoms with Gasteiger partial charge >= 0.3 is 6.09 Å². The number of H-pyrrole nitrogens is 1. The maximum Gasteiger partial charge on any atom is 0.411 e. The Labute approximate surface area is 229 Å². The zero-order valence-electron chi connectivity index (χ0n) is 20.8. The maximum absolute atomic E-state index is 13.5. The molecule has 200 valence electrons. The molecular formula is C27H26ClN7O4. The first-order valence-corrected chi connectivity index (χ1v) is 12.7. The zero-order chi connectivity index (χ0) is 27.0. The van der Waals surface area contributed by atoms with E-state index in [1.807, 2.05) is 54.6 Å². The van der Waals surface area contributed by atoms with Crippen LogP contribution in [0.5, 0.6) is 0 Å². The SMILES string of the molecule is O=C(Nc1cc(Cl)cc([C@H](Nc2cccc(-c3nn[nH]n3)c2)C(=O)N[C@H]2CCOC2)c1)OCc1ccccc1. The van der Waals surface area contributed by atoms with Crippen LogP contribution in [0, 0.1) is 0 Å². The predicted molar refractivity (Wildman–Crippen MR) is 145 cm³/mol. The van der Waals surface area contributed by atoms with Crippen molar-refractivity contribution in [2.45, 2.75) is 25.1 Å². The third kappa shape index (κ3) is 7.09. The number of aromatic amines is 1. The number of tetrazole rings is 1. The van der Waals surface area contributed by atoms with Gasteiger partial charge in [0.2, 0.25) is 11.7 Å². The molecule has 11 nitrogen and oxygen atoms in total. The summed E-state index contributed by atoms with van der Waals surface area (Å²) < 4.78 is 10.7. The Morgan fingerprint density at radius 3 is 2.72 bits per heavy atom. The highest BCUT2D eigenvalue weighted by molar-refractivity contribution is 6.31. The first-order valence-electron chi connectivity index (χ1n) is 12.3. The van der Waals surface area contributed by atoms with Crippen molar-refractivity contribution in [3.8, 4) is 11.4 Å². The number of benzene rings is 3. The molecule has 2 amide bonds. The number of ether oxygens (including phenoxy) is 2.